The molecule has 1 aliphatic heterocycles. The Balaban J connectivity index is 2.10. The number of carbonyl (C=O) groups excluding carboxylic acids is 2. The van der Waals surface area contributed by atoms with Gasteiger partial charge < -0.3 is 15.0 Å². The molecule has 0 aliphatic carbocycles. The van der Waals surface area contributed by atoms with Gasteiger partial charge in [-0.25, -0.2) is 0 Å². The molecular formula is C15H28N2O3. The Morgan fingerprint density at radius 1 is 1.30 bits per heavy atom. The van der Waals surface area contributed by atoms with Crippen LogP contribution in [0.3, 0.4) is 0 Å². The van der Waals surface area contributed by atoms with E-state index in [9.17, 15) is 9.59 Å². The van der Waals surface area contributed by atoms with E-state index in [4.69, 9.17) is 4.74 Å². The van der Waals surface area contributed by atoms with E-state index in [1.165, 1.54) is 0 Å². The molecule has 1 aliphatic rings. The summed E-state index contributed by atoms with van der Waals surface area (Å²) in [6.07, 6.45) is 5.07. The van der Waals surface area contributed by atoms with Gasteiger partial charge in [0, 0.05) is 32.8 Å². The first-order valence-electron chi connectivity index (χ1n) is 7.80. The average molecular weight is 284 g/mol. The zero-order chi connectivity index (χ0) is 14.8. The third-order valence-corrected chi connectivity index (χ3v) is 3.53. The molecule has 0 bridgehead atoms. The van der Waals surface area contributed by atoms with Crippen LogP contribution in [0.2, 0.25) is 0 Å². The van der Waals surface area contributed by atoms with E-state index in [2.05, 4.69) is 19.2 Å². The standard InChI is InChI=1S/C15H28N2O3/c1-3-4-10-20-11-6-8-16-14(18)15(19)17-9-5-7-13(2)12-17/h13H,3-12H2,1-2H3,(H,16,18). The highest BCUT2D eigenvalue weighted by Gasteiger charge is 2.25. The molecule has 5 heteroatoms. The number of piperidine rings is 1. The lowest BCUT2D eigenvalue weighted by Gasteiger charge is -2.30. The van der Waals surface area contributed by atoms with Gasteiger partial charge in [0.1, 0.15) is 0 Å². The molecule has 0 radical (unpaired) electrons. The SMILES string of the molecule is CCCCOCCCNC(=O)C(=O)N1CCCC(C)C1. The lowest BCUT2D eigenvalue weighted by Crippen LogP contribution is -2.47. The summed E-state index contributed by atoms with van der Waals surface area (Å²) in [4.78, 5) is 25.3. The van der Waals surface area contributed by atoms with Crippen LogP contribution in [0.15, 0.2) is 0 Å². The minimum atomic E-state index is -0.479. The molecule has 0 saturated carbocycles. The van der Waals surface area contributed by atoms with Crippen LogP contribution < -0.4 is 5.32 Å². The normalized spacial score (nSPS) is 18.9. The number of hydrogen-bond acceptors (Lipinski definition) is 3. The summed E-state index contributed by atoms with van der Waals surface area (Å²) in [5.41, 5.74) is 0. The molecule has 0 aromatic heterocycles. The van der Waals surface area contributed by atoms with Crippen molar-refractivity contribution in [3.63, 3.8) is 0 Å². The summed E-state index contributed by atoms with van der Waals surface area (Å²) in [6, 6.07) is 0. The number of ether oxygens (including phenoxy) is 1. The van der Waals surface area contributed by atoms with Crippen molar-refractivity contribution in [1.82, 2.24) is 10.2 Å². The van der Waals surface area contributed by atoms with Crippen molar-refractivity contribution in [3.05, 3.63) is 0 Å². The van der Waals surface area contributed by atoms with Crippen molar-refractivity contribution >= 4 is 11.8 Å². The van der Waals surface area contributed by atoms with Crippen LogP contribution in [-0.2, 0) is 14.3 Å². The quantitative estimate of drug-likeness (QED) is 0.570. The lowest BCUT2D eigenvalue weighted by atomic mass is 10.0. The van der Waals surface area contributed by atoms with Crippen molar-refractivity contribution in [3.8, 4) is 0 Å². The topological polar surface area (TPSA) is 58.6 Å². The first kappa shape index (κ1) is 17.0. The molecule has 0 spiro atoms. The molecule has 20 heavy (non-hydrogen) atoms. The molecular weight excluding hydrogens is 256 g/mol. The van der Waals surface area contributed by atoms with Crippen LogP contribution in [0.5, 0.6) is 0 Å². The molecule has 5 nitrogen and oxygen atoms in total. The molecule has 0 aromatic carbocycles. The molecule has 1 atom stereocenters. The van der Waals surface area contributed by atoms with E-state index >= 15 is 0 Å². The Morgan fingerprint density at radius 3 is 2.75 bits per heavy atom. The van der Waals surface area contributed by atoms with E-state index in [0.717, 1.165) is 38.7 Å². The monoisotopic (exact) mass is 284 g/mol. The maximum atomic E-state index is 11.9. The van der Waals surface area contributed by atoms with Gasteiger partial charge in [0.25, 0.3) is 0 Å². The van der Waals surface area contributed by atoms with Crippen LogP contribution in [0.4, 0.5) is 0 Å². The van der Waals surface area contributed by atoms with Crippen LogP contribution in [0, 0.1) is 5.92 Å². The molecule has 1 heterocycles. The largest absolute Gasteiger partial charge is 0.381 e. The van der Waals surface area contributed by atoms with Gasteiger partial charge in [-0.05, 0) is 31.6 Å². The number of amides is 2. The number of likely N-dealkylation sites (tertiary alicyclic amines) is 1. The Labute approximate surface area is 122 Å². The zero-order valence-electron chi connectivity index (χ0n) is 12.8. The Hall–Kier alpha value is -1.10. The Bertz CT molecular complexity index is 307. The fourth-order valence-corrected chi connectivity index (χ4v) is 2.32. The van der Waals surface area contributed by atoms with E-state index in [1.54, 1.807) is 4.90 Å². The molecule has 1 saturated heterocycles. The molecule has 1 fully saturated rings. The zero-order valence-corrected chi connectivity index (χ0v) is 12.8. The van der Waals surface area contributed by atoms with E-state index < -0.39 is 5.91 Å². The van der Waals surface area contributed by atoms with E-state index in [0.29, 0.717) is 32.2 Å². The predicted octanol–water partition coefficient (Wildman–Crippen LogP) is 1.57. The second-order valence-electron chi connectivity index (χ2n) is 5.57. The molecule has 1 N–H and O–H groups in total. The minimum absolute atomic E-state index is 0.386. The van der Waals surface area contributed by atoms with Crippen molar-refractivity contribution in [2.45, 2.75) is 46.0 Å². The van der Waals surface area contributed by atoms with Crippen LogP contribution in [0.1, 0.15) is 46.0 Å². The van der Waals surface area contributed by atoms with Gasteiger partial charge in [0.2, 0.25) is 0 Å². The van der Waals surface area contributed by atoms with Gasteiger partial charge in [-0.15, -0.1) is 0 Å². The first-order valence-corrected chi connectivity index (χ1v) is 7.80. The van der Waals surface area contributed by atoms with Crippen LogP contribution in [0.25, 0.3) is 0 Å². The van der Waals surface area contributed by atoms with Crippen molar-refractivity contribution in [1.29, 1.82) is 0 Å². The smallest absolute Gasteiger partial charge is 0.311 e. The second kappa shape index (κ2) is 9.75. The highest BCUT2D eigenvalue weighted by atomic mass is 16.5. The molecule has 116 valence electrons. The number of nitrogens with one attached hydrogen (secondary N) is 1. The lowest BCUT2D eigenvalue weighted by molar-refractivity contribution is -0.147. The minimum Gasteiger partial charge on any atom is -0.381 e. The molecule has 1 unspecified atom stereocenters. The highest BCUT2D eigenvalue weighted by Crippen LogP contribution is 2.15. The number of nitrogens with zero attached hydrogens (tertiary/aromatic N) is 1. The van der Waals surface area contributed by atoms with Crippen LogP contribution in [-0.4, -0.2) is 49.6 Å². The number of unbranched alkanes of at least 4 members (excludes halogenated alkanes) is 1. The summed E-state index contributed by atoms with van der Waals surface area (Å²) in [5.74, 6) is -0.372. The summed E-state index contributed by atoms with van der Waals surface area (Å²) >= 11 is 0. The summed E-state index contributed by atoms with van der Waals surface area (Å²) in [7, 11) is 0. The fraction of sp³-hybridized carbons (Fsp3) is 0.867. The van der Waals surface area contributed by atoms with Gasteiger partial charge in [-0.1, -0.05) is 20.3 Å². The van der Waals surface area contributed by atoms with E-state index in [-0.39, 0.29) is 5.91 Å². The summed E-state index contributed by atoms with van der Waals surface area (Å²) in [6.45, 7) is 7.55. The second-order valence-corrected chi connectivity index (χ2v) is 5.57. The maximum absolute atomic E-state index is 11.9. The molecule has 0 aromatic rings. The number of carbonyl (C=O) groups is 2. The van der Waals surface area contributed by atoms with Gasteiger partial charge in [0.05, 0.1) is 0 Å². The highest BCUT2D eigenvalue weighted by molar-refractivity contribution is 6.35. The third kappa shape index (κ3) is 6.37. The van der Waals surface area contributed by atoms with Crippen molar-refractivity contribution < 1.29 is 14.3 Å². The Kier molecular flexibility index (Phi) is 8.26. The Morgan fingerprint density at radius 2 is 2.05 bits per heavy atom. The summed E-state index contributed by atoms with van der Waals surface area (Å²) < 4.78 is 5.40. The van der Waals surface area contributed by atoms with Gasteiger partial charge in [-0.3, -0.25) is 9.59 Å². The van der Waals surface area contributed by atoms with E-state index in [1.807, 2.05) is 0 Å². The van der Waals surface area contributed by atoms with Crippen molar-refractivity contribution in [2.75, 3.05) is 32.8 Å². The van der Waals surface area contributed by atoms with Gasteiger partial charge >= 0.3 is 11.8 Å². The molecule has 1 rings (SSSR count). The van der Waals surface area contributed by atoms with Crippen LogP contribution >= 0.6 is 0 Å². The molecule has 2 amide bonds. The predicted molar refractivity (Wildman–Crippen MR) is 78.3 cm³/mol. The average Bonchev–Trinajstić information content (AvgIpc) is 2.45. The van der Waals surface area contributed by atoms with Gasteiger partial charge in [-0.2, -0.15) is 0 Å². The number of hydrogen-bond donors (Lipinski definition) is 1. The van der Waals surface area contributed by atoms with Crippen molar-refractivity contribution in [2.24, 2.45) is 5.92 Å². The number of rotatable bonds is 7. The van der Waals surface area contributed by atoms with Gasteiger partial charge in [0.15, 0.2) is 0 Å². The third-order valence-electron chi connectivity index (χ3n) is 3.53. The fourth-order valence-electron chi connectivity index (χ4n) is 2.32. The first-order chi connectivity index (χ1) is 9.65. The maximum Gasteiger partial charge on any atom is 0.311 e. The summed E-state index contributed by atoms with van der Waals surface area (Å²) in [5, 5.41) is 2.68.